The lowest BCUT2D eigenvalue weighted by Gasteiger charge is -2.32. The van der Waals surface area contributed by atoms with Crippen LogP contribution < -0.4 is 14.4 Å². The Morgan fingerprint density at radius 3 is 2.17 bits per heavy atom. The Morgan fingerprint density at radius 1 is 0.905 bits per heavy atom. The fourth-order valence-corrected chi connectivity index (χ4v) is 5.72. The summed E-state index contributed by atoms with van der Waals surface area (Å²) in [6, 6.07) is 23.7. The van der Waals surface area contributed by atoms with Gasteiger partial charge in [-0.05, 0) is 57.4 Å². The van der Waals surface area contributed by atoms with E-state index in [-0.39, 0.29) is 43.8 Å². The summed E-state index contributed by atoms with van der Waals surface area (Å²) in [5, 5.41) is 2.99. The van der Waals surface area contributed by atoms with Crippen LogP contribution in [0.2, 0.25) is 0 Å². The van der Waals surface area contributed by atoms with Crippen molar-refractivity contribution in [1.82, 2.24) is 10.2 Å². The van der Waals surface area contributed by atoms with Gasteiger partial charge in [0.05, 0.1) is 18.6 Å². The summed E-state index contributed by atoms with van der Waals surface area (Å²) in [5.74, 6) is 0.0192. The average Bonchev–Trinajstić information content (AvgIpc) is 2.94. The number of hydrogen-bond donors (Lipinski definition) is 1. The monoisotopic (exact) mass is 593 g/mol. The predicted octanol–water partition coefficient (Wildman–Crippen LogP) is 5.10. The van der Waals surface area contributed by atoms with E-state index in [0.29, 0.717) is 24.5 Å². The number of nitrogens with one attached hydrogen (secondary N) is 1. The number of sulfonamides is 1. The van der Waals surface area contributed by atoms with Crippen LogP contribution in [0.4, 0.5) is 5.69 Å². The Hall–Kier alpha value is -3.85. The van der Waals surface area contributed by atoms with Crippen molar-refractivity contribution in [2.24, 2.45) is 0 Å². The lowest BCUT2D eigenvalue weighted by molar-refractivity contribution is -0.141. The highest BCUT2D eigenvalue weighted by molar-refractivity contribution is 7.92. The molecule has 0 heterocycles. The summed E-state index contributed by atoms with van der Waals surface area (Å²) in [6.07, 6.45) is 1.83. The number of benzene rings is 3. The second-order valence-electron chi connectivity index (χ2n) is 10.7. The first-order valence-corrected chi connectivity index (χ1v) is 16.2. The Balaban J connectivity index is 1.89. The van der Waals surface area contributed by atoms with Crippen LogP contribution in [0, 0.1) is 6.92 Å². The van der Waals surface area contributed by atoms with E-state index in [4.69, 9.17) is 4.74 Å². The first-order valence-electron chi connectivity index (χ1n) is 14.4. The molecule has 0 saturated carbocycles. The van der Waals surface area contributed by atoms with Crippen molar-refractivity contribution in [2.75, 3.05) is 23.7 Å². The summed E-state index contributed by atoms with van der Waals surface area (Å²) in [7, 11) is -3.65. The average molecular weight is 594 g/mol. The Bertz CT molecular complexity index is 1410. The molecule has 1 atom stereocenters. The molecule has 0 unspecified atom stereocenters. The number of anilines is 1. The van der Waals surface area contributed by atoms with Gasteiger partial charge in [-0.25, -0.2) is 8.42 Å². The summed E-state index contributed by atoms with van der Waals surface area (Å²) in [5.41, 5.74) is 3.39. The second kappa shape index (κ2) is 15.4. The van der Waals surface area contributed by atoms with Crippen molar-refractivity contribution in [2.45, 2.75) is 65.6 Å². The maximum Gasteiger partial charge on any atom is 0.243 e. The highest BCUT2D eigenvalue weighted by Crippen LogP contribution is 2.30. The van der Waals surface area contributed by atoms with E-state index in [1.54, 1.807) is 29.2 Å². The quantitative estimate of drug-likeness (QED) is 0.264. The van der Waals surface area contributed by atoms with Crippen LogP contribution in [-0.4, -0.2) is 56.6 Å². The normalized spacial score (nSPS) is 12.0. The minimum absolute atomic E-state index is 0.0644. The Morgan fingerprint density at radius 2 is 1.55 bits per heavy atom. The largest absolute Gasteiger partial charge is 0.492 e. The predicted molar refractivity (Wildman–Crippen MR) is 168 cm³/mol. The molecule has 0 bridgehead atoms. The molecule has 0 spiro atoms. The molecule has 0 aromatic heterocycles. The van der Waals surface area contributed by atoms with Gasteiger partial charge < -0.3 is 15.0 Å². The zero-order chi connectivity index (χ0) is 30.7. The Kier molecular flexibility index (Phi) is 12.0. The van der Waals surface area contributed by atoms with Crippen molar-refractivity contribution in [3.8, 4) is 5.75 Å². The molecule has 0 aliphatic rings. The number of hydrogen-bond acceptors (Lipinski definition) is 5. The summed E-state index contributed by atoms with van der Waals surface area (Å²) >= 11 is 0. The van der Waals surface area contributed by atoms with Crippen LogP contribution >= 0.6 is 0 Å². The Labute approximate surface area is 250 Å². The third-order valence-corrected chi connectivity index (χ3v) is 7.94. The van der Waals surface area contributed by atoms with Crippen LogP contribution in [0.3, 0.4) is 0 Å². The van der Waals surface area contributed by atoms with Crippen LogP contribution in [0.5, 0.6) is 5.75 Å². The van der Waals surface area contributed by atoms with Gasteiger partial charge in [0.1, 0.15) is 11.8 Å². The topological polar surface area (TPSA) is 96.0 Å². The van der Waals surface area contributed by atoms with E-state index < -0.39 is 16.1 Å². The number of aryl methyl sites for hydroxylation is 1. The van der Waals surface area contributed by atoms with Gasteiger partial charge in [-0.3, -0.25) is 13.9 Å². The summed E-state index contributed by atoms with van der Waals surface area (Å²) in [4.78, 5) is 29.1. The zero-order valence-corrected chi connectivity index (χ0v) is 26.1. The maximum absolute atomic E-state index is 13.9. The lowest BCUT2D eigenvalue weighted by atomic mass is 10.0. The van der Waals surface area contributed by atoms with Gasteiger partial charge in [-0.1, -0.05) is 72.3 Å². The van der Waals surface area contributed by atoms with Crippen molar-refractivity contribution in [1.29, 1.82) is 0 Å². The van der Waals surface area contributed by atoms with E-state index in [9.17, 15) is 18.0 Å². The molecular weight excluding hydrogens is 550 g/mol. The van der Waals surface area contributed by atoms with E-state index >= 15 is 0 Å². The van der Waals surface area contributed by atoms with Crippen molar-refractivity contribution in [3.05, 3.63) is 95.6 Å². The van der Waals surface area contributed by atoms with Crippen molar-refractivity contribution >= 4 is 27.5 Å². The number of carbonyl (C=O) groups excluding carboxylic acids is 2. The number of para-hydroxylation sites is 2. The highest BCUT2D eigenvalue weighted by atomic mass is 32.2. The van der Waals surface area contributed by atoms with Crippen LogP contribution in [0.1, 0.15) is 50.3 Å². The molecule has 42 heavy (non-hydrogen) atoms. The van der Waals surface area contributed by atoms with Gasteiger partial charge in [0, 0.05) is 32.0 Å². The fraction of sp³-hybridized carbons (Fsp3) is 0.394. The van der Waals surface area contributed by atoms with E-state index in [0.717, 1.165) is 22.9 Å². The molecule has 0 aliphatic carbocycles. The van der Waals surface area contributed by atoms with Crippen molar-refractivity contribution < 1.29 is 22.7 Å². The van der Waals surface area contributed by atoms with E-state index in [1.165, 1.54) is 4.31 Å². The molecule has 0 saturated heterocycles. The number of amides is 2. The van der Waals surface area contributed by atoms with E-state index in [1.807, 2.05) is 82.3 Å². The fourth-order valence-electron chi connectivity index (χ4n) is 4.75. The number of ether oxygens (including phenoxy) is 1. The summed E-state index contributed by atoms with van der Waals surface area (Å²) < 4.78 is 32.5. The lowest BCUT2D eigenvalue weighted by Crippen LogP contribution is -2.51. The molecule has 3 aromatic rings. The van der Waals surface area contributed by atoms with Crippen LogP contribution in [0.25, 0.3) is 0 Å². The molecule has 0 radical (unpaired) electrons. The minimum atomic E-state index is -3.65. The first-order chi connectivity index (χ1) is 20.0. The van der Waals surface area contributed by atoms with Crippen LogP contribution in [-0.2, 0) is 32.6 Å². The van der Waals surface area contributed by atoms with E-state index in [2.05, 4.69) is 5.32 Å². The second-order valence-corrected chi connectivity index (χ2v) is 12.6. The molecule has 226 valence electrons. The molecule has 2 amide bonds. The van der Waals surface area contributed by atoms with Gasteiger partial charge in [0.15, 0.2) is 0 Å². The van der Waals surface area contributed by atoms with Gasteiger partial charge >= 0.3 is 0 Å². The minimum Gasteiger partial charge on any atom is -0.492 e. The molecule has 8 nitrogen and oxygen atoms in total. The van der Waals surface area contributed by atoms with Gasteiger partial charge in [-0.2, -0.15) is 0 Å². The van der Waals surface area contributed by atoms with Gasteiger partial charge in [0.2, 0.25) is 21.8 Å². The molecule has 3 rings (SSSR count). The van der Waals surface area contributed by atoms with Crippen LogP contribution in [0.15, 0.2) is 78.9 Å². The molecular formula is C33H43N3O5S. The summed E-state index contributed by atoms with van der Waals surface area (Å²) in [6.45, 7) is 8.36. The molecule has 1 N–H and O–H groups in total. The zero-order valence-electron chi connectivity index (χ0n) is 25.2. The number of rotatable bonds is 15. The standard InChI is InChI=1S/C33H43N3O5S/c1-6-41-31-16-11-10-15-29(31)36(42(5,39)40)22-12-17-32(37)35(24-28-20-18-26(4)19-21-28)30(33(38)34-25(2)3)23-27-13-8-7-9-14-27/h7-11,13-16,18-21,25,30H,6,12,17,22-24H2,1-5H3,(H,34,38)/t30-/m0/s1. The molecule has 0 fully saturated rings. The third kappa shape index (κ3) is 9.62. The molecule has 0 aliphatic heterocycles. The number of nitrogens with zero attached hydrogens (tertiary/aromatic N) is 2. The maximum atomic E-state index is 13.9. The number of carbonyl (C=O) groups is 2. The molecule has 9 heteroatoms. The first kappa shape index (κ1) is 32.7. The third-order valence-electron chi connectivity index (χ3n) is 6.76. The molecule has 3 aromatic carbocycles. The smallest absolute Gasteiger partial charge is 0.243 e. The van der Waals surface area contributed by atoms with Gasteiger partial charge in [0.25, 0.3) is 0 Å². The van der Waals surface area contributed by atoms with Gasteiger partial charge in [-0.15, -0.1) is 0 Å². The highest BCUT2D eigenvalue weighted by Gasteiger charge is 2.31. The SMILES string of the molecule is CCOc1ccccc1N(CCCC(=O)N(Cc1ccc(C)cc1)[C@@H](Cc1ccccc1)C(=O)NC(C)C)S(C)(=O)=O. The van der Waals surface area contributed by atoms with Crippen molar-refractivity contribution in [3.63, 3.8) is 0 Å².